The molecule has 0 aromatic heterocycles. The molecule has 0 aliphatic carbocycles. The zero-order valence-electron chi connectivity index (χ0n) is 9.54. The highest BCUT2D eigenvalue weighted by Crippen LogP contribution is 2.05. The summed E-state index contributed by atoms with van der Waals surface area (Å²) < 4.78 is 0. The van der Waals surface area contributed by atoms with Crippen LogP contribution in [0.4, 0.5) is 0 Å². The van der Waals surface area contributed by atoms with Crippen LogP contribution in [0.5, 0.6) is 0 Å². The number of hydrogen-bond acceptors (Lipinski definition) is 2. The van der Waals surface area contributed by atoms with E-state index in [1.54, 1.807) is 6.08 Å². The van der Waals surface area contributed by atoms with Crippen LogP contribution in [0.15, 0.2) is 66.7 Å². The first-order chi connectivity index (χ1) is 7.86. The normalized spacial score (nSPS) is 9.88. The Kier molecular flexibility index (Phi) is 4.85. The zero-order chi connectivity index (χ0) is 11.2. The van der Waals surface area contributed by atoms with Crippen LogP contribution in [0.25, 0.3) is 6.08 Å². The van der Waals surface area contributed by atoms with Crippen LogP contribution in [0.2, 0.25) is 0 Å². The third-order valence-corrected chi connectivity index (χ3v) is 2.29. The lowest BCUT2D eigenvalue weighted by Gasteiger charge is -1.94. The quantitative estimate of drug-likeness (QED) is 0.639. The summed E-state index contributed by atoms with van der Waals surface area (Å²) in [5, 5.41) is 0. The standard InChI is InChI=1S/C15H12O.H3N/c16-15(14-9-5-2-6-10-14)12-11-13-7-3-1-4-8-13;/h1-12H;1H3. The van der Waals surface area contributed by atoms with Crippen molar-refractivity contribution in [2.45, 2.75) is 0 Å². The van der Waals surface area contributed by atoms with E-state index in [4.69, 9.17) is 0 Å². The van der Waals surface area contributed by atoms with E-state index in [0.717, 1.165) is 11.1 Å². The van der Waals surface area contributed by atoms with E-state index in [1.807, 2.05) is 66.7 Å². The molecule has 2 rings (SSSR count). The molecule has 0 amide bonds. The molecule has 2 aromatic rings. The Labute approximate surface area is 101 Å². The van der Waals surface area contributed by atoms with E-state index >= 15 is 0 Å². The second-order valence-corrected chi connectivity index (χ2v) is 3.47. The molecule has 2 aromatic carbocycles. The van der Waals surface area contributed by atoms with Crippen LogP contribution in [0.3, 0.4) is 0 Å². The van der Waals surface area contributed by atoms with Gasteiger partial charge in [0, 0.05) is 5.56 Å². The monoisotopic (exact) mass is 225 g/mol. The second-order valence-electron chi connectivity index (χ2n) is 3.47. The molecule has 2 nitrogen and oxygen atoms in total. The average molecular weight is 225 g/mol. The Morgan fingerprint density at radius 1 is 0.824 bits per heavy atom. The van der Waals surface area contributed by atoms with Gasteiger partial charge in [0.25, 0.3) is 0 Å². The molecule has 2 heteroatoms. The van der Waals surface area contributed by atoms with Gasteiger partial charge in [-0.15, -0.1) is 0 Å². The minimum absolute atomic E-state index is 0. The number of benzene rings is 2. The Morgan fingerprint density at radius 2 is 1.35 bits per heavy atom. The van der Waals surface area contributed by atoms with Gasteiger partial charge in [-0.1, -0.05) is 66.7 Å². The summed E-state index contributed by atoms with van der Waals surface area (Å²) in [5.41, 5.74) is 1.75. The molecule has 0 saturated heterocycles. The largest absolute Gasteiger partial charge is 0.344 e. The summed E-state index contributed by atoms with van der Waals surface area (Å²) in [6.07, 6.45) is 3.43. The maximum Gasteiger partial charge on any atom is 0.185 e. The highest BCUT2D eigenvalue weighted by molar-refractivity contribution is 6.06. The van der Waals surface area contributed by atoms with Gasteiger partial charge in [-0.25, -0.2) is 0 Å². The van der Waals surface area contributed by atoms with Crippen molar-refractivity contribution in [1.29, 1.82) is 0 Å². The zero-order valence-corrected chi connectivity index (χ0v) is 9.54. The Bertz CT molecular complexity index is 489. The van der Waals surface area contributed by atoms with Crippen LogP contribution < -0.4 is 6.15 Å². The molecule has 0 aliphatic rings. The van der Waals surface area contributed by atoms with E-state index in [-0.39, 0.29) is 11.9 Å². The summed E-state index contributed by atoms with van der Waals surface area (Å²) in [6.45, 7) is 0. The van der Waals surface area contributed by atoms with Gasteiger partial charge in [0.05, 0.1) is 0 Å². The lowest BCUT2D eigenvalue weighted by atomic mass is 10.1. The lowest BCUT2D eigenvalue weighted by molar-refractivity contribution is 0.104. The van der Waals surface area contributed by atoms with Crippen LogP contribution in [-0.2, 0) is 0 Å². The van der Waals surface area contributed by atoms with Crippen molar-refractivity contribution < 1.29 is 4.79 Å². The van der Waals surface area contributed by atoms with Crippen LogP contribution >= 0.6 is 0 Å². The van der Waals surface area contributed by atoms with Crippen molar-refractivity contribution in [3.8, 4) is 0 Å². The molecule has 0 saturated carbocycles. The fourth-order valence-corrected chi connectivity index (χ4v) is 1.43. The first kappa shape index (κ1) is 12.9. The predicted octanol–water partition coefficient (Wildman–Crippen LogP) is 3.74. The summed E-state index contributed by atoms with van der Waals surface area (Å²) in [5.74, 6) is 0.0319. The summed E-state index contributed by atoms with van der Waals surface area (Å²) >= 11 is 0. The minimum atomic E-state index is 0. The number of rotatable bonds is 3. The Balaban J connectivity index is 0.00000144. The smallest absolute Gasteiger partial charge is 0.185 e. The number of ketones is 1. The molecule has 0 aliphatic heterocycles. The number of carbonyl (C=O) groups excluding carboxylic acids is 1. The van der Waals surface area contributed by atoms with E-state index in [2.05, 4.69) is 0 Å². The topological polar surface area (TPSA) is 52.1 Å². The molecular weight excluding hydrogens is 210 g/mol. The van der Waals surface area contributed by atoms with E-state index < -0.39 is 0 Å². The lowest BCUT2D eigenvalue weighted by Crippen LogP contribution is -1.92. The number of carbonyl (C=O) groups is 1. The summed E-state index contributed by atoms with van der Waals surface area (Å²) in [7, 11) is 0. The number of hydrogen-bond donors (Lipinski definition) is 1. The molecule has 3 N–H and O–H groups in total. The molecule has 0 bridgehead atoms. The third kappa shape index (κ3) is 3.70. The van der Waals surface area contributed by atoms with Gasteiger partial charge < -0.3 is 6.15 Å². The molecule has 0 fully saturated rings. The first-order valence-electron chi connectivity index (χ1n) is 5.19. The maximum atomic E-state index is 11.7. The van der Waals surface area contributed by atoms with Gasteiger partial charge >= 0.3 is 0 Å². The fraction of sp³-hybridized carbons (Fsp3) is 0. The van der Waals surface area contributed by atoms with Crippen LogP contribution in [-0.4, -0.2) is 5.78 Å². The van der Waals surface area contributed by atoms with Gasteiger partial charge in [-0.05, 0) is 11.6 Å². The van der Waals surface area contributed by atoms with Crippen molar-refractivity contribution in [3.63, 3.8) is 0 Å². The van der Waals surface area contributed by atoms with Crippen molar-refractivity contribution in [1.82, 2.24) is 6.15 Å². The predicted molar refractivity (Wildman–Crippen MR) is 71.3 cm³/mol. The number of allylic oxidation sites excluding steroid dienone is 1. The van der Waals surface area contributed by atoms with E-state index in [9.17, 15) is 4.79 Å². The molecule has 0 heterocycles. The van der Waals surface area contributed by atoms with E-state index in [0.29, 0.717) is 0 Å². The molecule has 17 heavy (non-hydrogen) atoms. The molecule has 0 radical (unpaired) electrons. The first-order valence-corrected chi connectivity index (χ1v) is 5.19. The average Bonchev–Trinajstić information content (AvgIpc) is 2.38. The van der Waals surface area contributed by atoms with Gasteiger partial charge in [-0.2, -0.15) is 0 Å². The maximum absolute atomic E-state index is 11.7. The molecular formula is C15H15NO. The Hall–Kier alpha value is -2.19. The van der Waals surface area contributed by atoms with Crippen LogP contribution in [0.1, 0.15) is 15.9 Å². The van der Waals surface area contributed by atoms with Crippen LogP contribution in [0, 0.1) is 0 Å². The minimum Gasteiger partial charge on any atom is -0.344 e. The third-order valence-electron chi connectivity index (χ3n) is 2.29. The highest BCUT2D eigenvalue weighted by atomic mass is 16.1. The Morgan fingerprint density at radius 3 is 1.94 bits per heavy atom. The van der Waals surface area contributed by atoms with Crippen molar-refractivity contribution in [2.75, 3.05) is 0 Å². The van der Waals surface area contributed by atoms with Crippen molar-refractivity contribution in [2.24, 2.45) is 0 Å². The fourth-order valence-electron chi connectivity index (χ4n) is 1.43. The molecule has 86 valence electrons. The van der Waals surface area contributed by atoms with Crippen molar-refractivity contribution >= 4 is 11.9 Å². The summed E-state index contributed by atoms with van der Waals surface area (Å²) in [6, 6.07) is 19.1. The van der Waals surface area contributed by atoms with E-state index in [1.165, 1.54) is 0 Å². The van der Waals surface area contributed by atoms with Crippen molar-refractivity contribution in [3.05, 3.63) is 77.9 Å². The second kappa shape index (κ2) is 6.40. The van der Waals surface area contributed by atoms with Gasteiger partial charge in [0.1, 0.15) is 0 Å². The van der Waals surface area contributed by atoms with Gasteiger partial charge in [-0.3, -0.25) is 4.79 Å². The van der Waals surface area contributed by atoms with Gasteiger partial charge in [0.15, 0.2) is 5.78 Å². The summed E-state index contributed by atoms with van der Waals surface area (Å²) in [4.78, 5) is 11.7. The highest BCUT2D eigenvalue weighted by Gasteiger charge is 1.98. The SMILES string of the molecule is N.O=C(C=Cc1ccccc1)c1ccccc1. The van der Waals surface area contributed by atoms with Gasteiger partial charge in [0.2, 0.25) is 0 Å². The molecule has 0 atom stereocenters. The molecule has 0 spiro atoms. The molecule has 0 unspecified atom stereocenters.